The first-order valence-electron chi connectivity index (χ1n) is 6.28. The van der Waals surface area contributed by atoms with Gasteiger partial charge in [0.25, 0.3) is 0 Å². The molecule has 2 atom stereocenters. The Morgan fingerprint density at radius 3 is 2.29 bits per heavy atom. The quantitative estimate of drug-likeness (QED) is 0.537. The van der Waals surface area contributed by atoms with Crippen molar-refractivity contribution < 1.29 is 4.79 Å². The largest absolute Gasteiger partial charge is 0.299 e. The van der Waals surface area contributed by atoms with Crippen LogP contribution in [0.2, 0.25) is 0 Å². The molecule has 14 heavy (non-hydrogen) atoms. The number of ketones is 1. The van der Waals surface area contributed by atoms with E-state index in [1.807, 2.05) is 0 Å². The monoisotopic (exact) mass is 196 g/mol. The van der Waals surface area contributed by atoms with Crippen LogP contribution in [0.15, 0.2) is 0 Å². The van der Waals surface area contributed by atoms with Gasteiger partial charge >= 0.3 is 0 Å². The molecule has 82 valence electrons. The van der Waals surface area contributed by atoms with Crippen LogP contribution in [0.4, 0.5) is 0 Å². The van der Waals surface area contributed by atoms with Gasteiger partial charge in [0, 0.05) is 12.3 Å². The van der Waals surface area contributed by atoms with Gasteiger partial charge in [0.2, 0.25) is 0 Å². The van der Waals surface area contributed by atoms with Crippen molar-refractivity contribution in [2.45, 2.75) is 65.2 Å². The molecule has 0 bridgehead atoms. The van der Waals surface area contributed by atoms with Gasteiger partial charge in [0.15, 0.2) is 0 Å². The minimum Gasteiger partial charge on any atom is -0.299 e. The molecule has 1 saturated carbocycles. The van der Waals surface area contributed by atoms with E-state index in [1.54, 1.807) is 0 Å². The highest BCUT2D eigenvalue weighted by atomic mass is 16.1. The van der Waals surface area contributed by atoms with E-state index in [2.05, 4.69) is 13.8 Å². The minimum absolute atomic E-state index is 0.450. The van der Waals surface area contributed by atoms with Crippen molar-refractivity contribution in [2.75, 3.05) is 0 Å². The summed E-state index contributed by atoms with van der Waals surface area (Å²) < 4.78 is 0. The van der Waals surface area contributed by atoms with Crippen LogP contribution in [-0.4, -0.2) is 5.78 Å². The molecule has 1 heteroatoms. The number of unbranched alkanes of at least 4 members (excludes halogenated alkanes) is 5. The molecule has 0 saturated heterocycles. The summed E-state index contributed by atoms with van der Waals surface area (Å²) in [6, 6.07) is 0. The maximum atomic E-state index is 11.5. The van der Waals surface area contributed by atoms with E-state index in [1.165, 1.54) is 32.1 Å². The third-order valence-corrected chi connectivity index (χ3v) is 3.30. The standard InChI is InChI=1S/C13H24O/c1-3-4-5-6-7-8-9-13(14)12-10-11(12)2/h11-12H,3-10H2,1-2H3. The molecule has 0 aromatic carbocycles. The molecular weight excluding hydrogens is 172 g/mol. The van der Waals surface area contributed by atoms with E-state index in [-0.39, 0.29) is 0 Å². The van der Waals surface area contributed by atoms with E-state index >= 15 is 0 Å². The van der Waals surface area contributed by atoms with Gasteiger partial charge < -0.3 is 0 Å². The predicted molar refractivity (Wildman–Crippen MR) is 60.3 cm³/mol. The lowest BCUT2D eigenvalue weighted by Gasteiger charge is -2.00. The fourth-order valence-corrected chi connectivity index (χ4v) is 2.04. The van der Waals surface area contributed by atoms with Crippen LogP contribution in [0.25, 0.3) is 0 Å². The van der Waals surface area contributed by atoms with Crippen LogP contribution < -0.4 is 0 Å². The Balaban J connectivity index is 1.86. The van der Waals surface area contributed by atoms with Crippen molar-refractivity contribution >= 4 is 5.78 Å². The molecule has 0 aliphatic heterocycles. The summed E-state index contributed by atoms with van der Waals surface area (Å²) in [5, 5.41) is 0. The number of hydrogen-bond acceptors (Lipinski definition) is 1. The molecular formula is C13H24O. The third kappa shape index (κ3) is 4.26. The highest BCUT2D eigenvalue weighted by Crippen LogP contribution is 2.39. The Morgan fingerprint density at radius 2 is 1.71 bits per heavy atom. The molecule has 1 aliphatic rings. The first-order valence-corrected chi connectivity index (χ1v) is 6.28. The van der Waals surface area contributed by atoms with Crippen LogP contribution in [0.1, 0.15) is 65.2 Å². The molecule has 0 N–H and O–H groups in total. The number of Topliss-reactive ketones (excluding diaryl/α,β-unsaturated/α-hetero) is 1. The first-order chi connectivity index (χ1) is 6.75. The van der Waals surface area contributed by atoms with Gasteiger partial charge in [0.05, 0.1) is 0 Å². The number of hydrogen-bond donors (Lipinski definition) is 0. The van der Waals surface area contributed by atoms with Gasteiger partial charge in [-0.2, -0.15) is 0 Å². The van der Waals surface area contributed by atoms with E-state index in [4.69, 9.17) is 0 Å². The smallest absolute Gasteiger partial charge is 0.136 e. The number of rotatable bonds is 8. The Kier molecular flexibility index (Phi) is 5.21. The molecule has 0 aromatic heterocycles. The lowest BCUT2D eigenvalue weighted by Crippen LogP contribution is -2.01. The average molecular weight is 196 g/mol. The van der Waals surface area contributed by atoms with Gasteiger partial charge in [-0.05, 0) is 18.8 Å². The van der Waals surface area contributed by atoms with Crippen molar-refractivity contribution in [1.29, 1.82) is 0 Å². The second-order valence-corrected chi connectivity index (χ2v) is 4.80. The molecule has 1 fully saturated rings. The lowest BCUT2D eigenvalue weighted by atomic mass is 10.1. The molecule has 0 spiro atoms. The van der Waals surface area contributed by atoms with E-state index in [0.29, 0.717) is 17.6 Å². The summed E-state index contributed by atoms with van der Waals surface area (Å²) in [7, 11) is 0. The van der Waals surface area contributed by atoms with Crippen molar-refractivity contribution in [1.82, 2.24) is 0 Å². The normalized spacial score (nSPS) is 25.0. The maximum absolute atomic E-state index is 11.5. The summed E-state index contributed by atoms with van der Waals surface area (Å²) in [4.78, 5) is 11.5. The zero-order chi connectivity index (χ0) is 10.4. The molecule has 0 amide bonds. The fraction of sp³-hybridized carbons (Fsp3) is 0.923. The van der Waals surface area contributed by atoms with Gasteiger partial charge in [-0.15, -0.1) is 0 Å². The van der Waals surface area contributed by atoms with Crippen molar-refractivity contribution in [3.05, 3.63) is 0 Å². The maximum Gasteiger partial charge on any atom is 0.136 e. The Labute approximate surface area is 88.3 Å². The lowest BCUT2D eigenvalue weighted by molar-refractivity contribution is -0.120. The zero-order valence-corrected chi connectivity index (χ0v) is 9.72. The summed E-state index contributed by atoms with van der Waals surface area (Å²) in [6.07, 6.45) is 9.73. The van der Waals surface area contributed by atoms with Crippen LogP contribution in [0, 0.1) is 11.8 Å². The summed E-state index contributed by atoms with van der Waals surface area (Å²) in [5.41, 5.74) is 0. The first kappa shape index (κ1) is 11.7. The summed E-state index contributed by atoms with van der Waals surface area (Å²) in [5.74, 6) is 1.68. The van der Waals surface area contributed by atoms with E-state index in [0.717, 1.165) is 19.3 Å². The van der Waals surface area contributed by atoms with Crippen LogP contribution in [0.3, 0.4) is 0 Å². The van der Waals surface area contributed by atoms with Crippen molar-refractivity contribution in [2.24, 2.45) is 11.8 Å². The average Bonchev–Trinajstić information content (AvgIpc) is 2.88. The Hall–Kier alpha value is -0.330. The van der Waals surface area contributed by atoms with E-state index in [9.17, 15) is 4.79 Å². The SMILES string of the molecule is CCCCCCCCC(=O)C1CC1C. The Bertz CT molecular complexity index is 174. The molecule has 1 aliphatic carbocycles. The third-order valence-electron chi connectivity index (χ3n) is 3.30. The predicted octanol–water partition coefficient (Wildman–Crippen LogP) is 3.96. The topological polar surface area (TPSA) is 17.1 Å². The summed E-state index contributed by atoms with van der Waals surface area (Å²) >= 11 is 0. The van der Waals surface area contributed by atoms with Crippen molar-refractivity contribution in [3.63, 3.8) is 0 Å². The summed E-state index contributed by atoms with van der Waals surface area (Å²) in [6.45, 7) is 4.42. The minimum atomic E-state index is 0.450. The fourth-order valence-electron chi connectivity index (χ4n) is 2.04. The van der Waals surface area contributed by atoms with Gasteiger partial charge in [0.1, 0.15) is 5.78 Å². The second kappa shape index (κ2) is 6.21. The number of carbonyl (C=O) groups excluding carboxylic acids is 1. The second-order valence-electron chi connectivity index (χ2n) is 4.80. The molecule has 0 radical (unpaired) electrons. The Morgan fingerprint density at radius 1 is 1.14 bits per heavy atom. The molecule has 0 heterocycles. The van der Waals surface area contributed by atoms with Crippen molar-refractivity contribution in [3.8, 4) is 0 Å². The molecule has 1 rings (SSSR count). The van der Waals surface area contributed by atoms with Gasteiger partial charge in [-0.25, -0.2) is 0 Å². The van der Waals surface area contributed by atoms with Crippen LogP contribution >= 0.6 is 0 Å². The zero-order valence-electron chi connectivity index (χ0n) is 9.72. The molecule has 1 nitrogen and oxygen atoms in total. The van der Waals surface area contributed by atoms with Gasteiger partial charge in [-0.3, -0.25) is 4.79 Å². The molecule has 2 unspecified atom stereocenters. The van der Waals surface area contributed by atoms with Crippen LogP contribution in [-0.2, 0) is 4.79 Å². The molecule has 0 aromatic rings. The highest BCUT2D eigenvalue weighted by Gasteiger charge is 2.37. The highest BCUT2D eigenvalue weighted by molar-refractivity contribution is 5.83. The van der Waals surface area contributed by atoms with Gasteiger partial charge in [-0.1, -0.05) is 46.0 Å². The number of carbonyl (C=O) groups is 1. The van der Waals surface area contributed by atoms with E-state index < -0.39 is 0 Å². The van der Waals surface area contributed by atoms with Crippen LogP contribution in [0.5, 0.6) is 0 Å².